The summed E-state index contributed by atoms with van der Waals surface area (Å²) in [5.41, 5.74) is 4.67. The zero-order chi connectivity index (χ0) is 46.1. The highest BCUT2D eigenvalue weighted by Gasteiger charge is 2.71. The molecular formula is C53H67N5O8. The number of benzene rings is 2. The number of fused-ring (bicyclic) bond motifs is 2. The Labute approximate surface area is 388 Å². The average Bonchev–Trinajstić information content (AvgIpc) is 4.19. The van der Waals surface area contributed by atoms with E-state index in [1.165, 1.54) is 63.9 Å². The lowest BCUT2D eigenvalue weighted by Crippen LogP contribution is -2.69. The van der Waals surface area contributed by atoms with E-state index in [1.54, 1.807) is 9.80 Å². The van der Waals surface area contributed by atoms with Gasteiger partial charge in [0.15, 0.2) is 0 Å². The van der Waals surface area contributed by atoms with Gasteiger partial charge < -0.3 is 35.2 Å². The van der Waals surface area contributed by atoms with Crippen LogP contribution >= 0.6 is 0 Å². The molecule has 66 heavy (non-hydrogen) atoms. The molecule has 2 saturated heterocycles. The highest BCUT2D eigenvalue weighted by atomic mass is 16.5. The lowest BCUT2D eigenvalue weighted by atomic mass is 9.29. The molecule has 0 spiro atoms. The molecule has 0 unspecified atom stereocenters. The van der Waals surface area contributed by atoms with E-state index in [0.29, 0.717) is 24.7 Å². The molecule has 3 N–H and O–H groups in total. The molecule has 5 amide bonds. The maximum absolute atomic E-state index is 13.9. The first-order chi connectivity index (χ1) is 31.6. The number of hydrogen-bond acceptors (Lipinski definition) is 8. The molecule has 9 saturated carbocycles. The molecule has 352 valence electrons. The van der Waals surface area contributed by atoms with Gasteiger partial charge in [0.25, 0.3) is 0 Å². The van der Waals surface area contributed by atoms with Crippen molar-refractivity contribution in [2.24, 2.45) is 65.1 Å². The first-order valence-electron chi connectivity index (χ1n) is 25.0. The summed E-state index contributed by atoms with van der Waals surface area (Å²) in [7, 11) is 2.63. The second-order valence-corrected chi connectivity index (χ2v) is 23.0. The van der Waals surface area contributed by atoms with Gasteiger partial charge in [0.05, 0.1) is 26.6 Å². The Balaban J connectivity index is 0.728. The number of rotatable bonds is 13. The van der Waals surface area contributed by atoms with Crippen LogP contribution in [0, 0.1) is 65.1 Å². The summed E-state index contributed by atoms with van der Waals surface area (Å²) in [6.07, 6.45) is 9.88. The highest BCUT2D eigenvalue weighted by molar-refractivity contribution is 6.00. The van der Waals surface area contributed by atoms with Gasteiger partial charge >= 0.3 is 12.1 Å². The Morgan fingerprint density at radius 3 is 1.35 bits per heavy atom. The number of amides is 5. The minimum Gasteiger partial charge on any atom is -0.469 e. The second-order valence-electron chi connectivity index (χ2n) is 23.0. The van der Waals surface area contributed by atoms with Crippen molar-refractivity contribution in [3.8, 4) is 0 Å². The van der Waals surface area contributed by atoms with E-state index in [1.807, 2.05) is 27.7 Å². The number of alkyl carbamates (subject to hydrolysis) is 1. The van der Waals surface area contributed by atoms with E-state index in [0.717, 1.165) is 59.7 Å². The van der Waals surface area contributed by atoms with Crippen molar-refractivity contribution in [2.75, 3.05) is 24.9 Å². The van der Waals surface area contributed by atoms with Crippen molar-refractivity contribution >= 4 is 47.1 Å². The van der Waals surface area contributed by atoms with Crippen LogP contribution in [0.3, 0.4) is 0 Å². The fraction of sp³-hybridized carbons (Fsp3) is 0.660. The third kappa shape index (κ3) is 6.97. The van der Waals surface area contributed by atoms with Gasteiger partial charge in [-0.1, -0.05) is 52.0 Å². The molecule has 8 atom stereocenters. The summed E-state index contributed by atoms with van der Waals surface area (Å²) in [5.74, 6) is 3.29. The minimum atomic E-state index is -0.762. The molecule has 13 nitrogen and oxygen atoms in total. The van der Waals surface area contributed by atoms with Crippen molar-refractivity contribution in [1.82, 2.24) is 15.1 Å². The molecule has 9 aliphatic carbocycles. The van der Waals surface area contributed by atoms with Crippen LogP contribution in [0.2, 0.25) is 0 Å². The molecule has 8 bridgehead atoms. The Morgan fingerprint density at radius 1 is 0.576 bits per heavy atom. The highest BCUT2D eigenvalue weighted by Crippen LogP contribution is 2.77. The largest absolute Gasteiger partial charge is 0.469 e. The number of hydrogen-bond donors (Lipinski definition) is 3. The van der Waals surface area contributed by atoms with Crippen molar-refractivity contribution < 1.29 is 38.2 Å². The van der Waals surface area contributed by atoms with E-state index in [4.69, 9.17) is 9.47 Å². The standard InChI is InChI=1S/C53H67N5O8/c1-26(2)34(19-45(59)65-5)49(62)57-41-15-28(41)17-43(57)47(60)54-32-11-7-30(8-12-32)52-20-35-38-23-53(24-39(35)37(22-52)40(25-53)36(38)21-52)31-9-13-33(14-10-31)55-48(61)44-18-29-16-42(29)58(44)50(63)46(27(3)4)56-51(64)66-6/h7-14,26-29,34-44,46H,15-25H2,1-6H3,(H,54,60)(H,55,61)(H,56,64)/t28-,29-,34+,35?,36?,37?,38?,39?,40?,41-,42-,43+,44+,46+,52?,53?/m1/s1. The van der Waals surface area contributed by atoms with E-state index in [9.17, 15) is 28.8 Å². The number of nitrogens with one attached hydrogen (secondary N) is 3. The third-order valence-electron chi connectivity index (χ3n) is 19.0. The molecule has 11 fully saturated rings. The zero-order valence-corrected chi connectivity index (χ0v) is 39.3. The van der Waals surface area contributed by atoms with Crippen LogP contribution in [0.25, 0.3) is 0 Å². The van der Waals surface area contributed by atoms with E-state index < -0.39 is 36.1 Å². The van der Waals surface area contributed by atoms with Gasteiger partial charge in [0.1, 0.15) is 18.1 Å². The van der Waals surface area contributed by atoms with Gasteiger partial charge in [-0.2, -0.15) is 0 Å². The number of anilines is 2. The van der Waals surface area contributed by atoms with Crippen LogP contribution in [0.5, 0.6) is 0 Å². The van der Waals surface area contributed by atoms with E-state index in [2.05, 4.69) is 64.5 Å². The first-order valence-corrected chi connectivity index (χ1v) is 25.0. The number of likely N-dealkylation sites (tertiary alicyclic amines) is 2. The number of ether oxygens (including phenoxy) is 2. The van der Waals surface area contributed by atoms with Crippen LogP contribution in [0.15, 0.2) is 48.5 Å². The first kappa shape index (κ1) is 43.6. The van der Waals surface area contributed by atoms with Gasteiger partial charge in [0.2, 0.25) is 23.6 Å². The van der Waals surface area contributed by atoms with E-state index >= 15 is 0 Å². The van der Waals surface area contributed by atoms with Crippen LogP contribution in [0.1, 0.15) is 109 Å². The zero-order valence-electron chi connectivity index (χ0n) is 39.3. The second kappa shape index (κ2) is 15.8. The maximum Gasteiger partial charge on any atom is 0.407 e. The topological polar surface area (TPSA) is 163 Å². The summed E-state index contributed by atoms with van der Waals surface area (Å²) in [6, 6.07) is 15.6. The Kier molecular flexibility index (Phi) is 10.5. The summed E-state index contributed by atoms with van der Waals surface area (Å²) in [5, 5.41) is 9.02. The number of methoxy groups -OCH3 is 2. The summed E-state index contributed by atoms with van der Waals surface area (Å²) >= 11 is 0. The van der Waals surface area contributed by atoms with E-state index in [-0.39, 0.29) is 64.8 Å². The predicted molar refractivity (Wildman–Crippen MR) is 246 cm³/mol. The number of piperidine rings is 2. The Hall–Kier alpha value is -4.94. The fourth-order valence-electron chi connectivity index (χ4n) is 15.8. The van der Waals surface area contributed by atoms with Crippen LogP contribution in [-0.4, -0.2) is 89.9 Å². The SMILES string of the molecule is COC(=O)C[C@H](C(=O)N1[C@@H]2C[C@@H]2C[C@H]1C(=O)Nc1ccc(C23CC4C5CC6(c7ccc(NC(=O)[C@@H]8C[C@H]9C[C@H]9N8C(=O)[C@@H](NC(=O)OC)C(C)C)cc7)CC4C(C2)C(C6)C5C3)cc1)C(C)C. The number of carbonyl (C=O) groups excluding carboxylic acids is 6. The summed E-state index contributed by atoms with van der Waals surface area (Å²) < 4.78 is 9.69. The molecule has 2 heterocycles. The monoisotopic (exact) mass is 901 g/mol. The van der Waals surface area contributed by atoms with Crippen LogP contribution in [-0.2, 0) is 44.3 Å². The van der Waals surface area contributed by atoms with Gasteiger partial charge in [-0.25, -0.2) is 4.79 Å². The third-order valence-corrected chi connectivity index (χ3v) is 19.0. The maximum atomic E-state index is 13.9. The van der Waals surface area contributed by atoms with Crippen molar-refractivity contribution in [3.63, 3.8) is 0 Å². The van der Waals surface area contributed by atoms with Gasteiger partial charge in [-0.15, -0.1) is 0 Å². The number of nitrogens with zero attached hydrogens (tertiary/aromatic N) is 2. The van der Waals surface area contributed by atoms with Crippen molar-refractivity contribution in [3.05, 3.63) is 59.7 Å². The number of carbonyl (C=O) groups is 6. The smallest absolute Gasteiger partial charge is 0.407 e. The average molecular weight is 902 g/mol. The molecular weight excluding hydrogens is 835 g/mol. The predicted octanol–water partition coefficient (Wildman–Crippen LogP) is 7.04. The van der Waals surface area contributed by atoms with Crippen molar-refractivity contribution in [1.29, 1.82) is 0 Å². The van der Waals surface area contributed by atoms with Gasteiger partial charge in [-0.05, 0) is 170 Å². The lowest BCUT2D eigenvalue weighted by molar-refractivity contribution is -0.221. The van der Waals surface area contributed by atoms with Crippen molar-refractivity contribution in [2.45, 2.75) is 139 Å². The molecule has 11 aliphatic rings. The molecule has 13 heteroatoms. The normalized spacial score (nSPS) is 37.6. The van der Waals surface area contributed by atoms with Crippen LogP contribution in [0.4, 0.5) is 16.2 Å². The fourth-order valence-corrected chi connectivity index (χ4v) is 15.8. The Morgan fingerprint density at radius 2 is 0.985 bits per heavy atom. The molecule has 2 aliphatic heterocycles. The summed E-state index contributed by atoms with van der Waals surface area (Å²) in [6.45, 7) is 7.66. The van der Waals surface area contributed by atoms with Gasteiger partial charge in [-0.3, -0.25) is 24.0 Å². The minimum absolute atomic E-state index is 0.0227. The summed E-state index contributed by atoms with van der Waals surface area (Å²) in [4.78, 5) is 83.1. The molecule has 13 rings (SSSR count). The van der Waals surface area contributed by atoms with Gasteiger partial charge in [0, 0.05) is 23.5 Å². The quantitative estimate of drug-likeness (QED) is 0.180. The molecule has 0 aromatic heterocycles. The molecule has 2 aromatic rings. The van der Waals surface area contributed by atoms with Crippen LogP contribution < -0.4 is 16.0 Å². The number of esters is 1. The lowest BCUT2D eigenvalue weighted by Gasteiger charge is -2.75. The Bertz CT molecular complexity index is 2100. The molecule has 0 radical (unpaired) electrons. The molecule has 2 aromatic carbocycles.